The Labute approximate surface area is 139 Å². The van der Waals surface area contributed by atoms with Gasteiger partial charge in [0.15, 0.2) is 11.5 Å². The van der Waals surface area contributed by atoms with E-state index in [2.05, 4.69) is 15.9 Å². The maximum atomic E-state index is 12.7. The van der Waals surface area contributed by atoms with Gasteiger partial charge in [0.25, 0.3) is 5.91 Å². The van der Waals surface area contributed by atoms with Gasteiger partial charge in [-0.2, -0.15) is 0 Å². The van der Waals surface area contributed by atoms with E-state index >= 15 is 0 Å². The molecule has 1 saturated carbocycles. The zero-order valence-corrected chi connectivity index (χ0v) is 13.5. The van der Waals surface area contributed by atoms with Crippen LogP contribution in [0.2, 0.25) is 0 Å². The molecule has 1 aliphatic carbocycles. The Morgan fingerprint density at radius 1 is 1.21 bits per heavy atom. The molecule has 3 aliphatic rings. The van der Waals surface area contributed by atoms with Gasteiger partial charge in [0.1, 0.15) is 6.33 Å². The summed E-state index contributed by atoms with van der Waals surface area (Å²) in [6.45, 7) is 2.14. The van der Waals surface area contributed by atoms with E-state index in [-0.39, 0.29) is 23.7 Å². The Morgan fingerprint density at radius 3 is 2.71 bits per heavy atom. The number of hydrogen-bond donors (Lipinski definition) is 2. The van der Waals surface area contributed by atoms with Crippen LogP contribution in [0.5, 0.6) is 0 Å². The molecule has 0 spiro atoms. The summed E-state index contributed by atoms with van der Waals surface area (Å²) in [5.74, 6) is 0.226. The molecule has 2 aliphatic heterocycles. The third-order valence-corrected chi connectivity index (χ3v) is 4.92. The first kappa shape index (κ1) is 15.4. The molecule has 24 heavy (non-hydrogen) atoms. The number of fused-ring (bicyclic) bond motifs is 1. The van der Waals surface area contributed by atoms with E-state index in [1.54, 1.807) is 9.91 Å². The first-order valence-electron chi connectivity index (χ1n) is 8.55. The minimum absolute atomic E-state index is 0.174. The smallest absolute Gasteiger partial charge is 0.347 e. The van der Waals surface area contributed by atoms with E-state index in [1.807, 2.05) is 0 Å². The third-order valence-electron chi connectivity index (χ3n) is 4.92. The number of nitrogens with one attached hydrogen (secondary N) is 2. The largest absolute Gasteiger partial charge is 0.378 e. The van der Waals surface area contributed by atoms with E-state index in [1.165, 1.54) is 17.3 Å². The summed E-state index contributed by atoms with van der Waals surface area (Å²) in [7, 11) is 0. The van der Waals surface area contributed by atoms with E-state index in [4.69, 9.17) is 4.74 Å². The van der Waals surface area contributed by atoms with Crippen LogP contribution in [-0.2, 0) is 4.74 Å². The number of amides is 2. The molecule has 0 aromatic carbocycles. The molecule has 1 aromatic heterocycles. The van der Waals surface area contributed by atoms with Crippen molar-refractivity contribution in [3.63, 3.8) is 0 Å². The van der Waals surface area contributed by atoms with Crippen LogP contribution in [0.1, 0.15) is 42.6 Å². The molecule has 4 rings (SSSR count). The number of nitrogens with zero attached hydrogens (tertiary/aromatic N) is 4. The van der Waals surface area contributed by atoms with Crippen molar-refractivity contribution in [2.75, 3.05) is 31.7 Å². The molecule has 0 radical (unpaired) electrons. The Balaban J connectivity index is 1.53. The number of hydrogen-bond acceptors (Lipinski definition) is 6. The monoisotopic (exact) mass is 334 g/mol. The summed E-state index contributed by atoms with van der Waals surface area (Å²) >= 11 is 0. The molecule has 130 valence electrons. The highest BCUT2D eigenvalue weighted by Crippen LogP contribution is 2.26. The second-order valence-electron chi connectivity index (χ2n) is 6.40. The van der Waals surface area contributed by atoms with Gasteiger partial charge in [0.2, 0.25) is 0 Å². The fourth-order valence-electron chi connectivity index (χ4n) is 3.55. The van der Waals surface area contributed by atoms with Gasteiger partial charge in [-0.25, -0.2) is 19.4 Å². The minimum atomic E-state index is -0.191. The lowest BCUT2D eigenvalue weighted by molar-refractivity contribution is 0.0299. The molecule has 2 N–H and O–H groups in total. The number of carbonyl (C=O) groups is 2. The molecule has 2 amide bonds. The Bertz CT molecular complexity index is 633. The van der Waals surface area contributed by atoms with Crippen molar-refractivity contribution < 1.29 is 14.3 Å². The number of imidazole rings is 1. The second-order valence-corrected chi connectivity index (χ2v) is 6.40. The summed E-state index contributed by atoms with van der Waals surface area (Å²) in [5.41, 5.74) is 6.21. The van der Waals surface area contributed by atoms with Crippen molar-refractivity contribution >= 4 is 17.8 Å². The van der Waals surface area contributed by atoms with Crippen molar-refractivity contribution in [2.45, 2.75) is 38.1 Å². The van der Waals surface area contributed by atoms with E-state index in [9.17, 15) is 9.59 Å². The van der Waals surface area contributed by atoms with Crippen LogP contribution < -0.4 is 11.0 Å². The van der Waals surface area contributed by atoms with Crippen LogP contribution in [0.4, 0.5) is 10.6 Å². The number of ether oxygens (including phenoxy) is 1. The molecule has 0 atom stereocenters. The average molecular weight is 334 g/mol. The molecule has 9 nitrogen and oxygen atoms in total. The third kappa shape index (κ3) is 2.63. The van der Waals surface area contributed by atoms with Gasteiger partial charge in [0.05, 0.1) is 19.3 Å². The molecule has 1 aromatic rings. The van der Waals surface area contributed by atoms with Crippen molar-refractivity contribution in [2.24, 2.45) is 0 Å². The fourth-order valence-corrected chi connectivity index (χ4v) is 3.55. The van der Waals surface area contributed by atoms with Crippen molar-refractivity contribution in [1.82, 2.24) is 25.0 Å². The normalized spacial score (nSPS) is 22.2. The Morgan fingerprint density at radius 2 is 1.96 bits per heavy atom. The number of aromatic nitrogens is 2. The first-order valence-corrected chi connectivity index (χ1v) is 8.55. The highest BCUT2D eigenvalue weighted by Gasteiger charge is 2.34. The van der Waals surface area contributed by atoms with Crippen LogP contribution in [-0.4, -0.2) is 63.7 Å². The average Bonchev–Trinajstić information content (AvgIpc) is 3.08. The SMILES string of the molecule is O=C(c1ncn2c1NNN(C1CCCCC1)C2=O)N1CCOCC1. The predicted molar refractivity (Wildman–Crippen MR) is 85.2 cm³/mol. The lowest BCUT2D eigenvalue weighted by Gasteiger charge is -2.37. The molecule has 9 heteroatoms. The molecule has 0 unspecified atom stereocenters. The maximum Gasteiger partial charge on any atom is 0.347 e. The van der Waals surface area contributed by atoms with Gasteiger partial charge in [-0.15, -0.1) is 5.53 Å². The Kier molecular flexibility index (Phi) is 4.11. The standard InChI is InChI=1S/C15H22N6O3/c22-14(19-6-8-24-9-7-19)12-13-17-18-21(11-4-2-1-3-5-11)15(23)20(13)10-16-12/h10-11,17-18H,1-9H2. The van der Waals surface area contributed by atoms with Gasteiger partial charge in [-0.3, -0.25) is 10.2 Å². The van der Waals surface area contributed by atoms with Crippen molar-refractivity contribution in [1.29, 1.82) is 0 Å². The topological polar surface area (TPSA) is 91.7 Å². The molecule has 1 saturated heterocycles. The van der Waals surface area contributed by atoms with Crippen LogP contribution in [0.25, 0.3) is 0 Å². The number of morpholine rings is 1. The molecule has 3 heterocycles. The number of rotatable bonds is 2. The molecular formula is C15H22N6O3. The summed E-state index contributed by atoms with van der Waals surface area (Å²) < 4.78 is 6.69. The van der Waals surface area contributed by atoms with Crippen LogP contribution in [0.15, 0.2) is 6.33 Å². The summed E-state index contributed by atoms with van der Waals surface area (Å²) in [6.07, 6.45) is 6.89. The van der Waals surface area contributed by atoms with Gasteiger partial charge in [0, 0.05) is 13.1 Å². The van der Waals surface area contributed by atoms with E-state index in [0.29, 0.717) is 32.1 Å². The summed E-state index contributed by atoms with van der Waals surface area (Å²) in [4.78, 5) is 31.2. The summed E-state index contributed by atoms with van der Waals surface area (Å²) in [5, 5.41) is 1.62. The number of hydrazine groups is 2. The van der Waals surface area contributed by atoms with Crippen LogP contribution in [0.3, 0.4) is 0 Å². The molecular weight excluding hydrogens is 312 g/mol. The number of anilines is 1. The second kappa shape index (κ2) is 6.40. The van der Waals surface area contributed by atoms with E-state index < -0.39 is 0 Å². The van der Waals surface area contributed by atoms with Gasteiger partial charge < -0.3 is 9.64 Å². The Hall–Kier alpha value is -2.13. The first-order chi connectivity index (χ1) is 11.8. The van der Waals surface area contributed by atoms with Gasteiger partial charge >= 0.3 is 6.03 Å². The highest BCUT2D eigenvalue weighted by molar-refractivity contribution is 5.99. The zero-order chi connectivity index (χ0) is 16.5. The highest BCUT2D eigenvalue weighted by atomic mass is 16.5. The molecule has 0 bridgehead atoms. The van der Waals surface area contributed by atoms with Crippen molar-refractivity contribution in [3.8, 4) is 0 Å². The quantitative estimate of drug-likeness (QED) is 0.831. The maximum absolute atomic E-state index is 12.7. The van der Waals surface area contributed by atoms with Crippen molar-refractivity contribution in [3.05, 3.63) is 12.0 Å². The lowest BCUT2D eigenvalue weighted by atomic mass is 9.95. The van der Waals surface area contributed by atoms with Crippen LogP contribution in [0, 0.1) is 0 Å². The predicted octanol–water partition coefficient (Wildman–Crippen LogP) is 0.803. The van der Waals surface area contributed by atoms with Gasteiger partial charge in [-0.1, -0.05) is 19.3 Å². The zero-order valence-electron chi connectivity index (χ0n) is 13.5. The fraction of sp³-hybridized carbons (Fsp3) is 0.667. The van der Waals surface area contributed by atoms with Gasteiger partial charge in [-0.05, 0) is 12.8 Å². The van der Waals surface area contributed by atoms with Crippen LogP contribution >= 0.6 is 0 Å². The summed E-state index contributed by atoms with van der Waals surface area (Å²) in [6, 6.07) is -0.0168. The molecule has 2 fully saturated rings. The van der Waals surface area contributed by atoms with E-state index in [0.717, 1.165) is 25.7 Å². The number of carbonyl (C=O) groups excluding carboxylic acids is 2. The minimum Gasteiger partial charge on any atom is -0.378 e. The lowest BCUT2D eigenvalue weighted by Crippen LogP contribution is -2.57.